The van der Waals surface area contributed by atoms with E-state index in [-0.39, 0.29) is 0 Å². The van der Waals surface area contributed by atoms with Gasteiger partial charge in [0.15, 0.2) is 0 Å². The minimum atomic E-state index is 0.815. The summed E-state index contributed by atoms with van der Waals surface area (Å²) in [5, 5.41) is 3.09. The third-order valence-electron chi connectivity index (χ3n) is 1.84. The predicted octanol–water partition coefficient (Wildman–Crippen LogP) is 1.95. The molecule has 0 fully saturated rings. The molecule has 0 atom stereocenters. The minimum absolute atomic E-state index is 0.815. The second-order valence-electron chi connectivity index (χ2n) is 2.80. The Morgan fingerprint density at radius 3 is 3.08 bits per heavy atom. The average molecular weight is 193 g/mol. The van der Waals surface area contributed by atoms with Gasteiger partial charge in [-0.25, -0.2) is 9.97 Å². The number of fused-ring (bicyclic) bond motifs is 1. The molecule has 0 aliphatic carbocycles. The molecule has 68 valence electrons. The summed E-state index contributed by atoms with van der Waals surface area (Å²) in [4.78, 5) is 9.85. The smallest absolute Gasteiger partial charge is 0.143 e. The van der Waals surface area contributed by atoms with Gasteiger partial charge in [-0.2, -0.15) is 0 Å². The Bertz CT molecular complexity index is 360. The molecule has 1 aromatic heterocycles. The SMILES string of the molecule is CNc1nc(C)nc2c1SCC=C2. The van der Waals surface area contributed by atoms with Crippen LogP contribution in [-0.4, -0.2) is 22.8 Å². The molecule has 1 N–H and O–H groups in total. The van der Waals surface area contributed by atoms with Crippen molar-refractivity contribution in [3.05, 3.63) is 17.6 Å². The van der Waals surface area contributed by atoms with Crippen molar-refractivity contribution in [2.24, 2.45) is 0 Å². The Morgan fingerprint density at radius 1 is 1.46 bits per heavy atom. The van der Waals surface area contributed by atoms with Crippen LogP contribution in [0, 0.1) is 6.92 Å². The summed E-state index contributed by atoms with van der Waals surface area (Å²) in [6.07, 6.45) is 4.18. The van der Waals surface area contributed by atoms with E-state index >= 15 is 0 Å². The molecule has 2 heterocycles. The summed E-state index contributed by atoms with van der Waals surface area (Å²) < 4.78 is 0. The van der Waals surface area contributed by atoms with Gasteiger partial charge in [-0.1, -0.05) is 6.08 Å². The van der Waals surface area contributed by atoms with E-state index in [1.807, 2.05) is 14.0 Å². The Hall–Kier alpha value is -1.03. The highest BCUT2D eigenvalue weighted by Crippen LogP contribution is 2.32. The summed E-state index contributed by atoms with van der Waals surface area (Å²) in [5.74, 6) is 2.76. The maximum atomic E-state index is 4.36. The first kappa shape index (κ1) is 8.56. The molecule has 0 amide bonds. The second-order valence-corrected chi connectivity index (χ2v) is 3.83. The third-order valence-corrected chi connectivity index (χ3v) is 2.89. The first-order valence-electron chi connectivity index (χ1n) is 4.17. The lowest BCUT2D eigenvalue weighted by Gasteiger charge is -2.13. The molecular weight excluding hydrogens is 182 g/mol. The summed E-state index contributed by atoms with van der Waals surface area (Å²) in [5.41, 5.74) is 1.04. The van der Waals surface area contributed by atoms with Crippen LogP contribution in [0.4, 0.5) is 5.82 Å². The van der Waals surface area contributed by atoms with Crippen molar-refractivity contribution < 1.29 is 0 Å². The quantitative estimate of drug-likeness (QED) is 0.739. The van der Waals surface area contributed by atoms with Crippen LogP contribution in [0.2, 0.25) is 0 Å². The number of rotatable bonds is 1. The molecule has 0 saturated heterocycles. The molecule has 13 heavy (non-hydrogen) atoms. The zero-order valence-electron chi connectivity index (χ0n) is 7.66. The second kappa shape index (κ2) is 3.38. The summed E-state index contributed by atoms with van der Waals surface area (Å²) in [6, 6.07) is 0. The molecule has 1 aliphatic heterocycles. The topological polar surface area (TPSA) is 37.8 Å². The van der Waals surface area contributed by atoms with Gasteiger partial charge in [0.25, 0.3) is 0 Å². The molecule has 1 aromatic rings. The number of thioether (sulfide) groups is 1. The highest BCUT2D eigenvalue weighted by Gasteiger charge is 2.12. The fraction of sp³-hybridized carbons (Fsp3) is 0.333. The van der Waals surface area contributed by atoms with E-state index < -0.39 is 0 Å². The van der Waals surface area contributed by atoms with Gasteiger partial charge in [-0.15, -0.1) is 11.8 Å². The van der Waals surface area contributed by atoms with Gasteiger partial charge in [0.05, 0.1) is 10.6 Å². The zero-order valence-corrected chi connectivity index (χ0v) is 8.48. The zero-order chi connectivity index (χ0) is 9.26. The largest absolute Gasteiger partial charge is 0.372 e. The van der Waals surface area contributed by atoms with Gasteiger partial charge in [0.2, 0.25) is 0 Å². The standard InChI is InChI=1S/C9H11N3S/c1-6-11-7-4-3-5-13-8(7)9(10-2)12-6/h3-4H,5H2,1-2H3,(H,10,11,12). The molecule has 0 unspecified atom stereocenters. The van der Waals surface area contributed by atoms with Gasteiger partial charge in [-0.3, -0.25) is 0 Å². The highest BCUT2D eigenvalue weighted by molar-refractivity contribution is 7.99. The maximum Gasteiger partial charge on any atom is 0.143 e. The van der Waals surface area contributed by atoms with Crippen LogP contribution in [0.3, 0.4) is 0 Å². The molecule has 4 heteroatoms. The molecule has 3 nitrogen and oxygen atoms in total. The van der Waals surface area contributed by atoms with Crippen LogP contribution in [0.1, 0.15) is 11.5 Å². The number of aryl methyl sites for hydroxylation is 1. The van der Waals surface area contributed by atoms with Gasteiger partial charge in [0.1, 0.15) is 11.6 Å². The lowest BCUT2D eigenvalue weighted by Crippen LogP contribution is -2.03. The molecule has 0 spiro atoms. The Morgan fingerprint density at radius 2 is 2.31 bits per heavy atom. The number of hydrogen-bond donors (Lipinski definition) is 1. The Kier molecular flexibility index (Phi) is 2.22. The van der Waals surface area contributed by atoms with E-state index in [1.54, 1.807) is 11.8 Å². The van der Waals surface area contributed by atoms with Gasteiger partial charge >= 0.3 is 0 Å². The fourth-order valence-corrected chi connectivity index (χ4v) is 2.20. The monoisotopic (exact) mass is 193 g/mol. The predicted molar refractivity (Wildman–Crippen MR) is 56.1 cm³/mol. The Labute approximate surface area is 81.7 Å². The normalized spacial score (nSPS) is 14.0. The highest BCUT2D eigenvalue weighted by atomic mass is 32.2. The molecule has 1 aliphatic rings. The number of nitrogens with zero attached hydrogens (tertiary/aromatic N) is 2. The van der Waals surface area contributed by atoms with Crippen LogP contribution >= 0.6 is 11.8 Å². The van der Waals surface area contributed by atoms with Crippen molar-refractivity contribution in [2.75, 3.05) is 18.1 Å². The van der Waals surface area contributed by atoms with E-state index in [4.69, 9.17) is 0 Å². The lowest BCUT2D eigenvalue weighted by atomic mass is 10.3. The van der Waals surface area contributed by atoms with E-state index in [0.717, 1.165) is 28.0 Å². The van der Waals surface area contributed by atoms with Crippen molar-refractivity contribution in [1.82, 2.24) is 9.97 Å². The van der Waals surface area contributed by atoms with Gasteiger partial charge in [0, 0.05) is 12.8 Å². The van der Waals surface area contributed by atoms with Crippen LogP contribution in [-0.2, 0) is 0 Å². The summed E-state index contributed by atoms with van der Waals surface area (Å²) in [7, 11) is 1.89. The van der Waals surface area contributed by atoms with E-state index in [1.165, 1.54) is 0 Å². The van der Waals surface area contributed by atoms with Gasteiger partial charge in [-0.05, 0) is 13.0 Å². The van der Waals surface area contributed by atoms with Crippen LogP contribution in [0.5, 0.6) is 0 Å². The summed E-state index contributed by atoms with van der Waals surface area (Å²) >= 11 is 1.77. The van der Waals surface area contributed by atoms with Crippen LogP contribution in [0.25, 0.3) is 6.08 Å². The van der Waals surface area contributed by atoms with Crippen molar-refractivity contribution in [3.8, 4) is 0 Å². The van der Waals surface area contributed by atoms with Gasteiger partial charge < -0.3 is 5.32 Å². The van der Waals surface area contributed by atoms with E-state index in [2.05, 4.69) is 27.4 Å². The number of nitrogens with one attached hydrogen (secondary N) is 1. The van der Waals surface area contributed by atoms with E-state index in [0.29, 0.717) is 0 Å². The average Bonchev–Trinajstić information content (AvgIpc) is 2.16. The first-order valence-corrected chi connectivity index (χ1v) is 5.15. The Balaban J connectivity index is 2.58. The lowest BCUT2D eigenvalue weighted by molar-refractivity contribution is 0.995. The molecule has 0 radical (unpaired) electrons. The maximum absolute atomic E-state index is 4.36. The molecular formula is C9H11N3S. The van der Waals surface area contributed by atoms with Crippen molar-refractivity contribution in [3.63, 3.8) is 0 Å². The number of hydrogen-bond acceptors (Lipinski definition) is 4. The first-order chi connectivity index (χ1) is 6.31. The molecule has 0 aromatic carbocycles. The molecule has 0 bridgehead atoms. The number of anilines is 1. The van der Waals surface area contributed by atoms with Crippen LogP contribution < -0.4 is 5.32 Å². The summed E-state index contributed by atoms with van der Waals surface area (Å²) in [6.45, 7) is 1.91. The van der Waals surface area contributed by atoms with Crippen molar-refractivity contribution in [2.45, 2.75) is 11.8 Å². The van der Waals surface area contributed by atoms with Crippen molar-refractivity contribution in [1.29, 1.82) is 0 Å². The van der Waals surface area contributed by atoms with Crippen molar-refractivity contribution >= 4 is 23.7 Å². The molecule has 0 saturated carbocycles. The van der Waals surface area contributed by atoms with E-state index in [9.17, 15) is 0 Å². The fourth-order valence-electron chi connectivity index (χ4n) is 1.30. The minimum Gasteiger partial charge on any atom is -0.372 e. The third kappa shape index (κ3) is 1.54. The van der Waals surface area contributed by atoms with Crippen LogP contribution in [0.15, 0.2) is 11.0 Å². The number of aromatic nitrogens is 2. The molecule has 2 rings (SSSR count).